The predicted octanol–water partition coefficient (Wildman–Crippen LogP) is 3.37. The number of imidazole rings is 2. The van der Waals surface area contributed by atoms with Crippen molar-refractivity contribution in [3.05, 3.63) is 59.5 Å². The van der Waals surface area contributed by atoms with E-state index in [1.165, 1.54) is 0 Å². The molecular formula is C17H12ClN5O. The van der Waals surface area contributed by atoms with E-state index in [2.05, 4.69) is 19.9 Å². The Morgan fingerprint density at radius 2 is 1.88 bits per heavy atom. The third kappa shape index (κ3) is 2.43. The Kier molecular flexibility index (Phi) is 3.32. The maximum absolute atomic E-state index is 11.3. The zero-order valence-electron chi connectivity index (χ0n) is 12.4. The first-order valence-corrected chi connectivity index (χ1v) is 7.59. The van der Waals surface area contributed by atoms with Crippen LogP contribution < -0.4 is 5.73 Å². The molecule has 6 nitrogen and oxygen atoms in total. The molecule has 0 atom stereocenters. The van der Waals surface area contributed by atoms with Crippen LogP contribution in [0.1, 0.15) is 10.6 Å². The maximum atomic E-state index is 11.3. The first-order chi connectivity index (χ1) is 11.6. The molecule has 1 amide bonds. The minimum Gasteiger partial charge on any atom is -0.363 e. The van der Waals surface area contributed by atoms with Crippen molar-refractivity contribution in [2.45, 2.75) is 0 Å². The second-order valence-corrected chi connectivity index (χ2v) is 5.74. The van der Waals surface area contributed by atoms with Crippen molar-refractivity contribution in [3.63, 3.8) is 0 Å². The molecule has 2 aromatic heterocycles. The Balaban J connectivity index is 1.81. The normalized spacial score (nSPS) is 11.0. The van der Waals surface area contributed by atoms with Gasteiger partial charge >= 0.3 is 0 Å². The summed E-state index contributed by atoms with van der Waals surface area (Å²) in [6.45, 7) is 0. The molecule has 2 heterocycles. The average molecular weight is 338 g/mol. The Morgan fingerprint density at radius 1 is 1.08 bits per heavy atom. The minimum atomic E-state index is -0.599. The highest BCUT2D eigenvalue weighted by Crippen LogP contribution is 2.27. The summed E-state index contributed by atoms with van der Waals surface area (Å²) in [5, 5.41) is 0.679. The Hall–Kier alpha value is -3.12. The van der Waals surface area contributed by atoms with Crippen LogP contribution in [-0.2, 0) is 0 Å². The van der Waals surface area contributed by atoms with Crippen molar-refractivity contribution >= 4 is 28.5 Å². The highest BCUT2D eigenvalue weighted by Gasteiger charge is 2.14. The number of halogens is 1. The summed E-state index contributed by atoms with van der Waals surface area (Å²) in [6, 6.07) is 13.1. The Morgan fingerprint density at radius 3 is 2.62 bits per heavy atom. The number of amides is 1. The lowest BCUT2D eigenvalue weighted by Crippen LogP contribution is -2.12. The number of aromatic nitrogens is 4. The van der Waals surface area contributed by atoms with Crippen molar-refractivity contribution in [2.24, 2.45) is 5.73 Å². The zero-order chi connectivity index (χ0) is 16.7. The van der Waals surface area contributed by atoms with Gasteiger partial charge in [0.15, 0.2) is 5.82 Å². The van der Waals surface area contributed by atoms with Crippen LogP contribution in [0.25, 0.3) is 33.7 Å². The molecule has 24 heavy (non-hydrogen) atoms. The number of rotatable bonds is 3. The first-order valence-electron chi connectivity index (χ1n) is 7.21. The smallest absolute Gasteiger partial charge is 0.284 e. The molecule has 118 valence electrons. The Labute approximate surface area is 141 Å². The van der Waals surface area contributed by atoms with Gasteiger partial charge in [-0.05, 0) is 29.8 Å². The lowest BCUT2D eigenvalue weighted by Gasteiger charge is -1.99. The number of carbonyl (C=O) groups is 1. The molecule has 2 aromatic carbocycles. The number of carbonyl (C=O) groups excluding carboxylic acids is 1. The molecule has 0 fully saturated rings. The van der Waals surface area contributed by atoms with Crippen LogP contribution in [0.3, 0.4) is 0 Å². The number of benzene rings is 2. The number of nitrogens with zero attached hydrogens (tertiary/aromatic N) is 2. The average Bonchev–Trinajstić information content (AvgIpc) is 3.22. The van der Waals surface area contributed by atoms with Gasteiger partial charge in [-0.3, -0.25) is 4.79 Å². The van der Waals surface area contributed by atoms with E-state index in [0.717, 1.165) is 22.3 Å². The molecule has 4 N–H and O–H groups in total. The number of fused-ring (bicyclic) bond motifs is 1. The molecule has 7 heteroatoms. The molecule has 0 aliphatic heterocycles. The molecule has 0 saturated carbocycles. The van der Waals surface area contributed by atoms with Crippen molar-refractivity contribution < 1.29 is 4.79 Å². The van der Waals surface area contributed by atoms with Crippen LogP contribution in [0.2, 0.25) is 5.02 Å². The molecule has 0 aliphatic rings. The number of nitrogens with one attached hydrogen (secondary N) is 2. The van der Waals surface area contributed by atoms with E-state index in [1.54, 1.807) is 6.20 Å². The van der Waals surface area contributed by atoms with Crippen LogP contribution in [0.5, 0.6) is 0 Å². The quantitative estimate of drug-likeness (QED) is 0.534. The number of nitrogens with two attached hydrogens (primary N) is 1. The summed E-state index contributed by atoms with van der Waals surface area (Å²) >= 11 is 5.92. The van der Waals surface area contributed by atoms with E-state index < -0.39 is 5.91 Å². The number of primary amides is 1. The van der Waals surface area contributed by atoms with Gasteiger partial charge in [0.05, 0.1) is 17.4 Å². The van der Waals surface area contributed by atoms with Crippen molar-refractivity contribution in [2.75, 3.05) is 0 Å². The topological polar surface area (TPSA) is 100 Å². The third-order valence-corrected chi connectivity index (χ3v) is 3.98. The third-order valence-electron chi connectivity index (χ3n) is 3.73. The van der Waals surface area contributed by atoms with E-state index in [1.807, 2.05) is 42.5 Å². The summed E-state index contributed by atoms with van der Waals surface area (Å²) in [7, 11) is 0. The van der Waals surface area contributed by atoms with Gasteiger partial charge in [-0.25, -0.2) is 9.97 Å². The summed E-state index contributed by atoms with van der Waals surface area (Å²) in [4.78, 5) is 26.2. The minimum absolute atomic E-state index is 0.127. The van der Waals surface area contributed by atoms with E-state index in [9.17, 15) is 4.79 Å². The number of H-pyrrole nitrogens is 2. The van der Waals surface area contributed by atoms with Crippen LogP contribution in [-0.4, -0.2) is 25.8 Å². The molecule has 0 aliphatic carbocycles. The zero-order valence-corrected chi connectivity index (χ0v) is 13.1. The second-order valence-electron chi connectivity index (χ2n) is 5.30. The number of para-hydroxylation sites is 1. The second kappa shape index (κ2) is 5.50. The van der Waals surface area contributed by atoms with Gasteiger partial charge in [0.25, 0.3) is 5.91 Å². The van der Waals surface area contributed by atoms with Crippen molar-refractivity contribution in [1.82, 2.24) is 19.9 Å². The summed E-state index contributed by atoms with van der Waals surface area (Å²) in [6.07, 6.45) is 1.75. The molecule has 4 rings (SSSR count). The van der Waals surface area contributed by atoms with E-state index in [4.69, 9.17) is 17.3 Å². The van der Waals surface area contributed by atoms with Gasteiger partial charge in [-0.2, -0.15) is 0 Å². The van der Waals surface area contributed by atoms with Gasteiger partial charge in [0.2, 0.25) is 0 Å². The van der Waals surface area contributed by atoms with Crippen molar-refractivity contribution in [3.8, 4) is 22.6 Å². The molecule has 0 saturated heterocycles. The monoisotopic (exact) mass is 337 g/mol. The standard InChI is InChI=1S/C17H12ClN5O/c18-10-6-4-9(5-7-10)13-8-20-16(22-13)11-2-1-3-12-14(11)23-17(21-12)15(19)24/h1-8H,(H2,19,24)(H,20,22)(H,21,23). The number of aromatic amines is 2. The first kappa shape index (κ1) is 14.5. The fraction of sp³-hybridized carbons (Fsp3) is 0. The summed E-state index contributed by atoms with van der Waals surface area (Å²) in [5.74, 6) is 0.188. The Bertz CT molecular complexity index is 1050. The highest BCUT2D eigenvalue weighted by molar-refractivity contribution is 6.30. The van der Waals surface area contributed by atoms with E-state index >= 15 is 0 Å². The summed E-state index contributed by atoms with van der Waals surface area (Å²) in [5.41, 5.74) is 9.29. The van der Waals surface area contributed by atoms with Gasteiger partial charge in [0.1, 0.15) is 11.3 Å². The van der Waals surface area contributed by atoms with Crippen LogP contribution in [0, 0.1) is 0 Å². The van der Waals surface area contributed by atoms with Crippen LogP contribution in [0.15, 0.2) is 48.7 Å². The van der Waals surface area contributed by atoms with E-state index in [-0.39, 0.29) is 5.82 Å². The van der Waals surface area contributed by atoms with Gasteiger partial charge in [-0.15, -0.1) is 0 Å². The van der Waals surface area contributed by atoms with E-state index in [0.29, 0.717) is 16.4 Å². The molecular weight excluding hydrogens is 326 g/mol. The number of hydrogen-bond acceptors (Lipinski definition) is 3. The molecule has 0 spiro atoms. The fourth-order valence-electron chi connectivity index (χ4n) is 2.57. The van der Waals surface area contributed by atoms with Crippen molar-refractivity contribution in [1.29, 1.82) is 0 Å². The van der Waals surface area contributed by atoms with Gasteiger partial charge in [0, 0.05) is 10.6 Å². The molecule has 0 bridgehead atoms. The number of hydrogen-bond donors (Lipinski definition) is 3. The largest absolute Gasteiger partial charge is 0.363 e. The van der Waals surface area contributed by atoms with Gasteiger partial charge < -0.3 is 15.7 Å². The highest BCUT2D eigenvalue weighted by atomic mass is 35.5. The predicted molar refractivity (Wildman–Crippen MR) is 92.6 cm³/mol. The maximum Gasteiger partial charge on any atom is 0.284 e. The fourth-order valence-corrected chi connectivity index (χ4v) is 2.70. The summed E-state index contributed by atoms with van der Waals surface area (Å²) < 4.78 is 0. The molecule has 0 radical (unpaired) electrons. The molecule has 4 aromatic rings. The molecule has 0 unspecified atom stereocenters. The van der Waals surface area contributed by atoms with Gasteiger partial charge in [-0.1, -0.05) is 29.8 Å². The van der Waals surface area contributed by atoms with Crippen LogP contribution in [0.4, 0.5) is 0 Å². The SMILES string of the molecule is NC(=O)c1nc2c(-c3ncc(-c4ccc(Cl)cc4)[nH]3)cccc2[nH]1. The lowest BCUT2D eigenvalue weighted by molar-refractivity contribution is 0.0991. The van der Waals surface area contributed by atoms with Crippen LogP contribution >= 0.6 is 11.6 Å². The lowest BCUT2D eigenvalue weighted by atomic mass is 10.1.